The van der Waals surface area contributed by atoms with Gasteiger partial charge >= 0.3 is 0 Å². The van der Waals surface area contributed by atoms with Crippen molar-refractivity contribution >= 4 is 15.9 Å². The molecule has 0 amide bonds. The molecule has 5 heteroatoms. The number of phenolic OH excluding ortho intramolecular Hbond substituents is 1. The van der Waals surface area contributed by atoms with Crippen LogP contribution in [0.4, 0.5) is 4.39 Å². The molecule has 0 saturated heterocycles. The fourth-order valence-electron chi connectivity index (χ4n) is 0.481. The fraction of sp³-hybridized carbons (Fsp3) is 0.333. The molecule has 1 rings (SSSR count). The maximum absolute atomic E-state index is 12.2. The van der Waals surface area contributed by atoms with Crippen molar-refractivity contribution in [3.05, 3.63) is 28.5 Å². The SMILES string of the molecule is CC.CO.Oc1ccc(F)cc1Br.[W]. The van der Waals surface area contributed by atoms with Gasteiger partial charge in [0.05, 0.1) is 4.47 Å². The van der Waals surface area contributed by atoms with Crippen molar-refractivity contribution in [3.63, 3.8) is 0 Å². The Kier molecular flexibility index (Phi) is 18.3. The third-order valence-electron chi connectivity index (χ3n) is 0.910. The van der Waals surface area contributed by atoms with Gasteiger partial charge in [0.15, 0.2) is 0 Å². The van der Waals surface area contributed by atoms with E-state index in [1.54, 1.807) is 0 Å². The number of hydrogen-bond donors (Lipinski definition) is 2. The van der Waals surface area contributed by atoms with Crippen LogP contribution in [0.15, 0.2) is 22.7 Å². The second kappa shape index (κ2) is 13.1. The van der Waals surface area contributed by atoms with Crippen molar-refractivity contribution in [2.24, 2.45) is 0 Å². The van der Waals surface area contributed by atoms with Gasteiger partial charge in [-0.2, -0.15) is 0 Å². The van der Waals surface area contributed by atoms with Gasteiger partial charge in [-0.25, -0.2) is 4.39 Å². The van der Waals surface area contributed by atoms with E-state index in [0.717, 1.165) is 7.11 Å². The van der Waals surface area contributed by atoms with Crippen LogP contribution in [-0.4, -0.2) is 17.3 Å². The van der Waals surface area contributed by atoms with Crippen molar-refractivity contribution in [3.8, 4) is 5.75 Å². The van der Waals surface area contributed by atoms with Crippen molar-refractivity contribution in [1.82, 2.24) is 0 Å². The molecule has 0 aliphatic heterocycles. The van der Waals surface area contributed by atoms with Crippen LogP contribution in [0, 0.1) is 5.82 Å². The van der Waals surface area contributed by atoms with Crippen LogP contribution < -0.4 is 0 Å². The van der Waals surface area contributed by atoms with Gasteiger partial charge in [-0.1, -0.05) is 13.8 Å². The molecular weight excluding hydrogens is 423 g/mol. The Bertz CT molecular complexity index is 234. The molecule has 0 spiro atoms. The zero-order chi connectivity index (χ0) is 10.9. The quantitative estimate of drug-likeness (QED) is 0.656. The molecule has 1 aromatic carbocycles. The Morgan fingerprint density at radius 1 is 1.21 bits per heavy atom. The molecule has 14 heavy (non-hydrogen) atoms. The Labute approximate surface area is 107 Å². The topological polar surface area (TPSA) is 40.5 Å². The molecule has 1 aromatic rings. The average Bonchev–Trinajstić information content (AvgIpc) is 2.18. The van der Waals surface area contributed by atoms with Gasteiger partial charge < -0.3 is 10.2 Å². The predicted molar refractivity (Wildman–Crippen MR) is 55.3 cm³/mol. The molecule has 0 radical (unpaired) electrons. The molecule has 0 unspecified atom stereocenters. The summed E-state index contributed by atoms with van der Waals surface area (Å²) in [4.78, 5) is 0. The molecule has 2 nitrogen and oxygen atoms in total. The predicted octanol–water partition coefficient (Wildman–Crippen LogP) is 2.93. The van der Waals surface area contributed by atoms with Gasteiger partial charge in [-0.3, -0.25) is 0 Å². The van der Waals surface area contributed by atoms with E-state index in [1.165, 1.54) is 18.2 Å². The zero-order valence-electron chi connectivity index (χ0n) is 8.29. The van der Waals surface area contributed by atoms with E-state index in [9.17, 15) is 4.39 Å². The van der Waals surface area contributed by atoms with Gasteiger partial charge in [0, 0.05) is 28.2 Å². The van der Waals surface area contributed by atoms with Gasteiger partial charge in [0.2, 0.25) is 0 Å². The molecule has 2 N–H and O–H groups in total. The van der Waals surface area contributed by atoms with Crippen LogP contribution in [0.5, 0.6) is 5.75 Å². The summed E-state index contributed by atoms with van der Waals surface area (Å²) in [6.07, 6.45) is 0. The van der Waals surface area contributed by atoms with E-state index >= 15 is 0 Å². The molecule has 82 valence electrons. The van der Waals surface area contributed by atoms with Gasteiger partial charge in [0.1, 0.15) is 11.6 Å². The van der Waals surface area contributed by atoms with Crippen LogP contribution in [-0.2, 0) is 21.1 Å². The van der Waals surface area contributed by atoms with E-state index in [-0.39, 0.29) is 32.6 Å². The molecule has 0 fully saturated rings. The van der Waals surface area contributed by atoms with Crippen molar-refractivity contribution in [2.45, 2.75) is 13.8 Å². The second-order valence-corrected chi connectivity index (χ2v) is 2.45. The maximum atomic E-state index is 12.2. The first-order chi connectivity index (χ1) is 6.20. The van der Waals surface area contributed by atoms with E-state index in [1.807, 2.05) is 13.8 Å². The normalized spacial score (nSPS) is 7.00. The summed E-state index contributed by atoms with van der Waals surface area (Å²) in [6.45, 7) is 4.00. The molecule has 0 heterocycles. The minimum atomic E-state index is -0.361. The zero-order valence-corrected chi connectivity index (χ0v) is 12.8. The van der Waals surface area contributed by atoms with Crippen molar-refractivity contribution in [2.75, 3.05) is 7.11 Å². The summed E-state index contributed by atoms with van der Waals surface area (Å²) in [5.41, 5.74) is 0. The summed E-state index contributed by atoms with van der Waals surface area (Å²) in [6, 6.07) is 3.69. The molecular formula is C9H14BrFO2W. The molecule has 0 aromatic heterocycles. The van der Waals surface area contributed by atoms with Crippen molar-refractivity contribution < 1.29 is 35.7 Å². The first-order valence-electron chi connectivity index (χ1n) is 3.79. The van der Waals surface area contributed by atoms with E-state index in [4.69, 9.17) is 10.2 Å². The second-order valence-electron chi connectivity index (χ2n) is 1.60. The number of hydrogen-bond acceptors (Lipinski definition) is 2. The van der Waals surface area contributed by atoms with E-state index in [2.05, 4.69) is 15.9 Å². The number of halogens is 2. The summed E-state index contributed by atoms with van der Waals surface area (Å²) in [5, 5.41) is 15.8. The number of aliphatic hydroxyl groups is 1. The summed E-state index contributed by atoms with van der Waals surface area (Å²) in [7, 11) is 1.00. The fourth-order valence-corrected chi connectivity index (χ4v) is 0.832. The number of benzene rings is 1. The number of rotatable bonds is 0. The Morgan fingerprint density at radius 2 is 1.64 bits per heavy atom. The van der Waals surface area contributed by atoms with Crippen LogP contribution in [0.25, 0.3) is 0 Å². The third-order valence-corrected chi connectivity index (χ3v) is 1.54. The van der Waals surface area contributed by atoms with Crippen LogP contribution in [0.1, 0.15) is 13.8 Å². The minimum absolute atomic E-state index is 0. The molecule has 0 atom stereocenters. The summed E-state index contributed by atoms with van der Waals surface area (Å²) >= 11 is 2.96. The Morgan fingerprint density at radius 3 is 1.93 bits per heavy atom. The van der Waals surface area contributed by atoms with Crippen LogP contribution >= 0.6 is 15.9 Å². The first kappa shape index (κ1) is 19.6. The largest absolute Gasteiger partial charge is 0.507 e. The van der Waals surface area contributed by atoms with Gasteiger partial charge in [0.25, 0.3) is 0 Å². The van der Waals surface area contributed by atoms with E-state index < -0.39 is 0 Å². The molecule has 0 aliphatic carbocycles. The molecule has 0 saturated carbocycles. The first-order valence-corrected chi connectivity index (χ1v) is 4.58. The smallest absolute Gasteiger partial charge is 0.129 e. The number of aromatic hydroxyl groups is 1. The Balaban J connectivity index is -0.000000216. The number of phenols is 1. The van der Waals surface area contributed by atoms with Crippen LogP contribution in [0.3, 0.4) is 0 Å². The van der Waals surface area contributed by atoms with Crippen molar-refractivity contribution in [1.29, 1.82) is 0 Å². The molecule has 0 bridgehead atoms. The monoisotopic (exact) mass is 436 g/mol. The maximum Gasteiger partial charge on any atom is 0.129 e. The van der Waals surface area contributed by atoms with E-state index in [0.29, 0.717) is 4.47 Å². The summed E-state index contributed by atoms with van der Waals surface area (Å²) in [5.74, 6) is -0.309. The summed E-state index contributed by atoms with van der Waals surface area (Å²) < 4.78 is 12.6. The standard InChI is InChI=1S/C6H4BrFO.C2H6.CH4O.W/c7-5-3-4(8)1-2-6(5)9;2*1-2;/h1-3,9H;1-2H3;2H,1H3;. The third kappa shape index (κ3) is 8.67. The number of aliphatic hydroxyl groups excluding tert-OH is 1. The molecule has 0 aliphatic rings. The minimum Gasteiger partial charge on any atom is -0.507 e. The Hall–Kier alpha value is 0.0783. The van der Waals surface area contributed by atoms with Gasteiger partial charge in [-0.15, -0.1) is 0 Å². The average molecular weight is 437 g/mol. The van der Waals surface area contributed by atoms with Crippen LogP contribution in [0.2, 0.25) is 0 Å². The van der Waals surface area contributed by atoms with Gasteiger partial charge in [-0.05, 0) is 34.1 Å².